The van der Waals surface area contributed by atoms with Crippen molar-refractivity contribution in [2.75, 3.05) is 11.9 Å². The molecule has 0 amide bonds. The van der Waals surface area contributed by atoms with Gasteiger partial charge in [0.15, 0.2) is 0 Å². The third-order valence-electron chi connectivity index (χ3n) is 1.46. The lowest BCUT2D eigenvalue weighted by molar-refractivity contribution is 0.151. The first-order valence-electron chi connectivity index (χ1n) is 3.81. The maximum atomic E-state index is 12.2. The first-order chi connectivity index (χ1) is 6.24. The summed E-state index contributed by atoms with van der Waals surface area (Å²) in [4.78, 5) is 0. The molecular formula is C9H9BrF2O. The molecule has 0 spiro atoms. The van der Waals surface area contributed by atoms with Gasteiger partial charge in [-0.25, -0.2) is 8.78 Å². The highest BCUT2D eigenvalue weighted by molar-refractivity contribution is 9.09. The molecule has 1 aromatic carbocycles. The van der Waals surface area contributed by atoms with Crippen molar-refractivity contribution in [1.29, 1.82) is 0 Å². The van der Waals surface area contributed by atoms with Crippen LogP contribution in [0.5, 0.6) is 5.75 Å². The van der Waals surface area contributed by atoms with E-state index in [1.807, 2.05) is 0 Å². The van der Waals surface area contributed by atoms with Gasteiger partial charge in [-0.2, -0.15) is 0 Å². The van der Waals surface area contributed by atoms with Crippen LogP contribution in [-0.4, -0.2) is 11.9 Å². The minimum Gasteiger partial charge on any atom is -0.493 e. The lowest BCUT2D eigenvalue weighted by Crippen LogP contribution is -1.98. The molecule has 0 N–H and O–H groups in total. The van der Waals surface area contributed by atoms with Crippen LogP contribution in [0.3, 0.4) is 0 Å². The van der Waals surface area contributed by atoms with Crippen LogP contribution in [0.15, 0.2) is 24.3 Å². The standard InChI is InChI=1S/C9H9BrF2O/c10-4-5-13-8-3-1-2-7(6-8)9(11)12/h1-3,6,9H,4-5H2. The van der Waals surface area contributed by atoms with Gasteiger partial charge in [0.25, 0.3) is 6.43 Å². The van der Waals surface area contributed by atoms with Crippen LogP contribution in [-0.2, 0) is 0 Å². The summed E-state index contributed by atoms with van der Waals surface area (Å²) in [6.45, 7) is 0.479. The van der Waals surface area contributed by atoms with Crippen LogP contribution in [0.25, 0.3) is 0 Å². The first-order valence-corrected chi connectivity index (χ1v) is 4.93. The monoisotopic (exact) mass is 250 g/mol. The van der Waals surface area contributed by atoms with E-state index in [-0.39, 0.29) is 5.56 Å². The Morgan fingerprint density at radius 3 is 2.77 bits per heavy atom. The van der Waals surface area contributed by atoms with Crippen LogP contribution in [0.2, 0.25) is 0 Å². The molecule has 0 radical (unpaired) electrons. The minimum atomic E-state index is -2.44. The first kappa shape index (κ1) is 10.4. The van der Waals surface area contributed by atoms with Crippen LogP contribution in [0.1, 0.15) is 12.0 Å². The summed E-state index contributed by atoms with van der Waals surface area (Å²) >= 11 is 3.18. The summed E-state index contributed by atoms with van der Waals surface area (Å²) in [6, 6.07) is 5.96. The van der Waals surface area contributed by atoms with Gasteiger partial charge in [0, 0.05) is 10.9 Å². The van der Waals surface area contributed by atoms with Gasteiger partial charge in [-0.1, -0.05) is 28.1 Å². The fourth-order valence-electron chi connectivity index (χ4n) is 0.896. The normalized spacial score (nSPS) is 10.5. The molecule has 72 valence electrons. The predicted molar refractivity (Wildman–Crippen MR) is 50.7 cm³/mol. The lowest BCUT2D eigenvalue weighted by Gasteiger charge is -2.05. The van der Waals surface area contributed by atoms with Crippen LogP contribution in [0.4, 0.5) is 8.78 Å². The van der Waals surface area contributed by atoms with E-state index >= 15 is 0 Å². The lowest BCUT2D eigenvalue weighted by atomic mass is 10.2. The molecule has 0 unspecified atom stereocenters. The summed E-state index contributed by atoms with van der Waals surface area (Å²) in [5.74, 6) is 0.484. The molecule has 0 heterocycles. The van der Waals surface area contributed by atoms with E-state index in [0.717, 1.165) is 0 Å². The molecule has 13 heavy (non-hydrogen) atoms. The zero-order valence-electron chi connectivity index (χ0n) is 6.84. The molecule has 0 saturated heterocycles. The quantitative estimate of drug-likeness (QED) is 0.745. The van der Waals surface area contributed by atoms with Crippen molar-refractivity contribution in [1.82, 2.24) is 0 Å². The van der Waals surface area contributed by atoms with Crippen molar-refractivity contribution in [3.05, 3.63) is 29.8 Å². The fraction of sp³-hybridized carbons (Fsp3) is 0.333. The number of benzene rings is 1. The molecule has 0 saturated carbocycles. The molecule has 0 aromatic heterocycles. The Morgan fingerprint density at radius 2 is 2.15 bits per heavy atom. The summed E-state index contributed by atoms with van der Waals surface area (Å²) in [6.07, 6.45) is -2.44. The Hall–Kier alpha value is -0.640. The van der Waals surface area contributed by atoms with Gasteiger partial charge < -0.3 is 4.74 Å². The van der Waals surface area contributed by atoms with Gasteiger partial charge in [0.05, 0.1) is 6.61 Å². The molecule has 0 aliphatic rings. The van der Waals surface area contributed by atoms with E-state index in [0.29, 0.717) is 17.7 Å². The highest BCUT2D eigenvalue weighted by atomic mass is 79.9. The van der Waals surface area contributed by atoms with Crippen molar-refractivity contribution in [3.63, 3.8) is 0 Å². The van der Waals surface area contributed by atoms with E-state index in [2.05, 4.69) is 15.9 Å². The average molecular weight is 251 g/mol. The Kier molecular flexibility index (Phi) is 4.15. The van der Waals surface area contributed by atoms with Gasteiger partial charge in [-0.15, -0.1) is 0 Å². The Morgan fingerprint density at radius 1 is 1.38 bits per heavy atom. The summed E-state index contributed by atoms with van der Waals surface area (Å²) in [7, 11) is 0. The van der Waals surface area contributed by atoms with Crippen LogP contribution in [0, 0.1) is 0 Å². The molecule has 1 aromatic rings. The zero-order valence-corrected chi connectivity index (χ0v) is 8.43. The fourth-order valence-corrected chi connectivity index (χ4v) is 1.06. The topological polar surface area (TPSA) is 9.23 Å². The second-order valence-corrected chi connectivity index (χ2v) is 3.20. The summed E-state index contributed by atoms with van der Waals surface area (Å²) < 4.78 is 29.6. The molecule has 0 bridgehead atoms. The van der Waals surface area contributed by atoms with E-state index in [4.69, 9.17) is 4.74 Å². The highest BCUT2D eigenvalue weighted by Gasteiger charge is 2.06. The second-order valence-electron chi connectivity index (χ2n) is 2.41. The van der Waals surface area contributed by atoms with Crippen LogP contribution < -0.4 is 4.74 Å². The summed E-state index contributed by atoms with van der Waals surface area (Å²) in [5.41, 5.74) is -0.00734. The van der Waals surface area contributed by atoms with Crippen molar-refractivity contribution in [2.24, 2.45) is 0 Å². The molecule has 1 rings (SSSR count). The van der Waals surface area contributed by atoms with Crippen molar-refractivity contribution in [3.8, 4) is 5.75 Å². The van der Waals surface area contributed by atoms with Gasteiger partial charge >= 0.3 is 0 Å². The van der Waals surface area contributed by atoms with Crippen molar-refractivity contribution in [2.45, 2.75) is 6.43 Å². The number of hydrogen-bond acceptors (Lipinski definition) is 1. The highest BCUT2D eigenvalue weighted by Crippen LogP contribution is 2.22. The van der Waals surface area contributed by atoms with E-state index in [9.17, 15) is 8.78 Å². The molecular weight excluding hydrogens is 242 g/mol. The molecule has 1 nitrogen and oxygen atoms in total. The maximum Gasteiger partial charge on any atom is 0.263 e. The van der Waals surface area contributed by atoms with Gasteiger partial charge in [-0.3, -0.25) is 0 Å². The second kappa shape index (κ2) is 5.17. The van der Waals surface area contributed by atoms with E-state index < -0.39 is 6.43 Å². The van der Waals surface area contributed by atoms with Gasteiger partial charge in [-0.05, 0) is 12.1 Å². The Balaban J connectivity index is 2.68. The minimum absolute atomic E-state index is 0.00734. The smallest absolute Gasteiger partial charge is 0.263 e. The number of hydrogen-bond donors (Lipinski definition) is 0. The SMILES string of the molecule is FC(F)c1cccc(OCCBr)c1. The van der Waals surface area contributed by atoms with Crippen molar-refractivity contribution < 1.29 is 13.5 Å². The van der Waals surface area contributed by atoms with Gasteiger partial charge in [0.2, 0.25) is 0 Å². The van der Waals surface area contributed by atoms with E-state index in [1.54, 1.807) is 12.1 Å². The number of rotatable bonds is 4. The third-order valence-corrected chi connectivity index (χ3v) is 1.78. The molecule has 0 aliphatic carbocycles. The summed E-state index contributed by atoms with van der Waals surface area (Å²) in [5, 5.41) is 0.686. The van der Waals surface area contributed by atoms with Crippen molar-refractivity contribution >= 4 is 15.9 Å². The van der Waals surface area contributed by atoms with E-state index in [1.165, 1.54) is 12.1 Å². The number of halogens is 3. The average Bonchev–Trinajstić information content (AvgIpc) is 2.15. The Labute approximate surface area is 83.8 Å². The largest absolute Gasteiger partial charge is 0.493 e. The zero-order chi connectivity index (χ0) is 9.68. The molecule has 4 heteroatoms. The number of alkyl halides is 3. The maximum absolute atomic E-state index is 12.2. The molecule has 0 aliphatic heterocycles. The Bertz CT molecular complexity index is 266. The predicted octanol–water partition coefficient (Wildman–Crippen LogP) is 3.40. The third kappa shape index (κ3) is 3.30. The van der Waals surface area contributed by atoms with Crippen LogP contribution >= 0.6 is 15.9 Å². The van der Waals surface area contributed by atoms with Gasteiger partial charge in [0.1, 0.15) is 5.75 Å². The molecule has 0 atom stereocenters. The molecule has 0 fully saturated rings. The number of ether oxygens (including phenoxy) is 1.